The van der Waals surface area contributed by atoms with E-state index in [9.17, 15) is 19.5 Å². The van der Waals surface area contributed by atoms with E-state index in [1.165, 1.54) is 103 Å². The molecular weight excluding hydrogens is 739 g/mol. The SMILES string of the molecule is CC/C=C/C/C=C/C/C=C/C/C=C/CCCCCC(=O)OC(COCCC(C(=O)O)[N+](C)(C)C)COC(=O)CCCCCCCCCCCCCCCCCCCCC. The molecule has 1 N–H and O–H groups in total. The van der Waals surface area contributed by atoms with Gasteiger partial charge in [-0.15, -0.1) is 0 Å². The Labute approximate surface area is 363 Å². The average molecular weight is 831 g/mol. The highest BCUT2D eigenvalue weighted by Gasteiger charge is 2.31. The van der Waals surface area contributed by atoms with E-state index in [0.717, 1.165) is 70.6 Å². The van der Waals surface area contributed by atoms with Crippen molar-refractivity contribution in [3.05, 3.63) is 48.6 Å². The number of quaternary nitrogens is 1. The van der Waals surface area contributed by atoms with Gasteiger partial charge in [-0.3, -0.25) is 9.59 Å². The third kappa shape index (κ3) is 40.5. The van der Waals surface area contributed by atoms with Crippen LogP contribution in [0, 0.1) is 0 Å². The molecular formula is C51H92NO7+. The first-order valence-electron chi connectivity index (χ1n) is 24.2. The summed E-state index contributed by atoms with van der Waals surface area (Å²) < 4.78 is 17.3. The molecule has 8 nitrogen and oxygen atoms in total. The number of hydrogen-bond acceptors (Lipinski definition) is 6. The summed E-state index contributed by atoms with van der Waals surface area (Å²) in [6.45, 7) is 4.61. The minimum atomic E-state index is -0.880. The third-order valence-corrected chi connectivity index (χ3v) is 10.7. The van der Waals surface area contributed by atoms with E-state index < -0.39 is 18.1 Å². The standard InChI is InChI=1S/C51H91NO7/c1-6-8-10-12-14-16-18-20-22-24-25-26-28-29-31-33-35-37-39-41-49(53)58-46-47(45-57-44-43-48(51(55)56)52(3,4)5)59-50(54)42-40-38-36-34-32-30-27-23-21-19-17-15-13-11-9-7-2/h9,11,15,17,21,23,30,32,47-48H,6-8,10,12-14,16,18-20,22,24-29,31,33-46H2,1-5H3/p+1/b11-9+,17-15+,23-21+,32-30+. The van der Waals surface area contributed by atoms with Gasteiger partial charge in [0.2, 0.25) is 0 Å². The van der Waals surface area contributed by atoms with Gasteiger partial charge in [-0.1, -0.05) is 184 Å². The van der Waals surface area contributed by atoms with Crippen molar-refractivity contribution >= 4 is 17.9 Å². The van der Waals surface area contributed by atoms with Gasteiger partial charge in [-0.25, -0.2) is 4.79 Å². The Morgan fingerprint density at radius 3 is 1.41 bits per heavy atom. The minimum Gasteiger partial charge on any atom is -0.477 e. The van der Waals surface area contributed by atoms with Crippen molar-refractivity contribution in [2.75, 3.05) is 41.0 Å². The monoisotopic (exact) mass is 831 g/mol. The van der Waals surface area contributed by atoms with Crippen LogP contribution in [0.4, 0.5) is 0 Å². The van der Waals surface area contributed by atoms with E-state index in [0.29, 0.717) is 19.3 Å². The molecule has 0 aromatic rings. The summed E-state index contributed by atoms with van der Waals surface area (Å²) in [7, 11) is 5.52. The zero-order valence-electron chi connectivity index (χ0n) is 39.0. The Morgan fingerprint density at radius 1 is 0.525 bits per heavy atom. The van der Waals surface area contributed by atoms with E-state index in [1.54, 1.807) is 0 Å². The van der Waals surface area contributed by atoms with Crippen molar-refractivity contribution in [3.63, 3.8) is 0 Å². The van der Waals surface area contributed by atoms with Crippen molar-refractivity contribution in [1.29, 1.82) is 0 Å². The Hall–Kier alpha value is -2.71. The molecule has 0 rings (SSSR count). The maximum atomic E-state index is 12.7. The number of carbonyl (C=O) groups is 3. The summed E-state index contributed by atoms with van der Waals surface area (Å²) in [5.74, 6) is -1.50. The van der Waals surface area contributed by atoms with E-state index >= 15 is 0 Å². The number of unbranched alkanes of at least 4 members (excludes halogenated alkanes) is 21. The molecule has 0 aromatic heterocycles. The van der Waals surface area contributed by atoms with Crippen molar-refractivity contribution in [2.24, 2.45) is 0 Å². The number of hydrogen-bond donors (Lipinski definition) is 1. The van der Waals surface area contributed by atoms with E-state index in [1.807, 2.05) is 21.1 Å². The van der Waals surface area contributed by atoms with Crippen LogP contribution in [0.1, 0.15) is 206 Å². The first-order valence-corrected chi connectivity index (χ1v) is 24.2. The topological polar surface area (TPSA) is 99.1 Å². The highest BCUT2D eigenvalue weighted by Crippen LogP contribution is 2.16. The molecule has 0 aromatic carbocycles. The lowest BCUT2D eigenvalue weighted by Gasteiger charge is -2.31. The van der Waals surface area contributed by atoms with E-state index in [-0.39, 0.29) is 36.2 Å². The predicted octanol–water partition coefficient (Wildman–Crippen LogP) is 13.6. The largest absolute Gasteiger partial charge is 0.477 e. The molecule has 0 heterocycles. The van der Waals surface area contributed by atoms with Crippen LogP contribution in [0.25, 0.3) is 0 Å². The van der Waals surface area contributed by atoms with E-state index in [2.05, 4.69) is 62.5 Å². The summed E-state index contributed by atoms with van der Waals surface area (Å²) in [6.07, 6.45) is 50.2. The number of carboxylic acids is 1. The van der Waals surface area contributed by atoms with Gasteiger partial charge in [0.1, 0.15) is 6.61 Å². The molecule has 0 amide bonds. The predicted molar refractivity (Wildman–Crippen MR) is 248 cm³/mol. The van der Waals surface area contributed by atoms with Crippen LogP contribution in [-0.4, -0.2) is 80.6 Å². The number of aliphatic carboxylic acids is 1. The molecule has 0 saturated heterocycles. The summed E-state index contributed by atoms with van der Waals surface area (Å²) in [5.41, 5.74) is 0. The molecule has 0 fully saturated rings. The molecule has 342 valence electrons. The quantitative estimate of drug-likeness (QED) is 0.0283. The minimum absolute atomic E-state index is 0.0492. The molecule has 0 aliphatic carbocycles. The fourth-order valence-corrected chi connectivity index (χ4v) is 7.02. The lowest BCUT2D eigenvalue weighted by molar-refractivity contribution is -0.887. The molecule has 2 unspecified atom stereocenters. The van der Waals surface area contributed by atoms with Gasteiger partial charge < -0.3 is 23.8 Å². The molecule has 0 spiro atoms. The number of carbonyl (C=O) groups excluding carboxylic acids is 2. The van der Waals surface area contributed by atoms with Crippen molar-refractivity contribution in [1.82, 2.24) is 0 Å². The average Bonchev–Trinajstić information content (AvgIpc) is 3.19. The Kier molecular flexibility index (Phi) is 40.1. The second-order valence-electron chi connectivity index (χ2n) is 17.3. The third-order valence-electron chi connectivity index (χ3n) is 10.7. The Bertz CT molecular complexity index is 1110. The number of rotatable bonds is 43. The lowest BCUT2D eigenvalue weighted by atomic mass is 10.0. The Morgan fingerprint density at radius 2 is 0.949 bits per heavy atom. The van der Waals surface area contributed by atoms with Crippen molar-refractivity contribution in [3.8, 4) is 0 Å². The van der Waals surface area contributed by atoms with Gasteiger partial charge >= 0.3 is 17.9 Å². The first-order chi connectivity index (χ1) is 28.6. The highest BCUT2D eigenvalue weighted by molar-refractivity contribution is 5.72. The van der Waals surface area contributed by atoms with Gasteiger partial charge in [0.25, 0.3) is 0 Å². The van der Waals surface area contributed by atoms with Gasteiger partial charge in [0.05, 0.1) is 34.4 Å². The van der Waals surface area contributed by atoms with Gasteiger partial charge in [-0.2, -0.15) is 0 Å². The number of ether oxygens (including phenoxy) is 3. The smallest absolute Gasteiger partial charge is 0.362 e. The van der Waals surface area contributed by atoms with Gasteiger partial charge in [0, 0.05) is 19.3 Å². The molecule has 0 aliphatic heterocycles. The second kappa shape index (κ2) is 42.0. The van der Waals surface area contributed by atoms with E-state index in [4.69, 9.17) is 14.2 Å². The number of likely N-dealkylation sites (N-methyl/N-ethyl adjacent to an activating group) is 1. The van der Waals surface area contributed by atoms with Crippen molar-refractivity contribution in [2.45, 2.75) is 219 Å². The molecule has 59 heavy (non-hydrogen) atoms. The number of carboxylic acid groups (broad SMARTS) is 1. The van der Waals surface area contributed by atoms with Crippen LogP contribution >= 0.6 is 0 Å². The van der Waals surface area contributed by atoms with Crippen LogP contribution in [0.15, 0.2) is 48.6 Å². The molecule has 2 atom stereocenters. The van der Waals surface area contributed by atoms with Crippen LogP contribution in [0.5, 0.6) is 0 Å². The fourth-order valence-electron chi connectivity index (χ4n) is 7.02. The first kappa shape index (κ1) is 56.3. The molecule has 8 heteroatoms. The van der Waals surface area contributed by atoms with Crippen LogP contribution in [0.3, 0.4) is 0 Å². The molecule has 0 radical (unpaired) electrons. The fraction of sp³-hybridized carbons (Fsp3) is 0.784. The number of esters is 2. The van der Waals surface area contributed by atoms with Crippen LogP contribution in [0.2, 0.25) is 0 Å². The summed E-state index contributed by atoms with van der Waals surface area (Å²) in [4.78, 5) is 37.1. The zero-order chi connectivity index (χ0) is 43.5. The van der Waals surface area contributed by atoms with Gasteiger partial charge in [-0.05, 0) is 51.4 Å². The molecule has 0 saturated carbocycles. The second-order valence-corrected chi connectivity index (χ2v) is 17.3. The summed E-state index contributed by atoms with van der Waals surface area (Å²) in [6, 6.07) is -0.621. The van der Waals surface area contributed by atoms with Crippen LogP contribution < -0.4 is 0 Å². The Balaban J connectivity index is 4.30. The van der Waals surface area contributed by atoms with Crippen LogP contribution in [-0.2, 0) is 28.6 Å². The maximum absolute atomic E-state index is 12.7. The maximum Gasteiger partial charge on any atom is 0.362 e. The molecule has 0 bridgehead atoms. The van der Waals surface area contributed by atoms with Gasteiger partial charge in [0.15, 0.2) is 12.1 Å². The number of nitrogens with zero attached hydrogens (tertiary/aromatic N) is 1. The molecule has 0 aliphatic rings. The summed E-state index contributed by atoms with van der Waals surface area (Å²) in [5, 5.41) is 9.63. The lowest BCUT2D eigenvalue weighted by Crippen LogP contribution is -2.50. The highest BCUT2D eigenvalue weighted by atomic mass is 16.6. The normalized spacial score (nSPS) is 13.3. The number of allylic oxidation sites excluding steroid dienone is 8. The van der Waals surface area contributed by atoms with Crippen molar-refractivity contribution < 1.29 is 38.2 Å². The zero-order valence-corrected chi connectivity index (χ0v) is 39.0. The summed E-state index contributed by atoms with van der Waals surface area (Å²) >= 11 is 0.